The van der Waals surface area contributed by atoms with Gasteiger partial charge in [0.25, 0.3) is 15.9 Å². The van der Waals surface area contributed by atoms with Crippen LogP contribution in [0.15, 0.2) is 88.9 Å². The number of benzene rings is 3. The van der Waals surface area contributed by atoms with Crippen molar-refractivity contribution in [2.45, 2.75) is 4.90 Å². The summed E-state index contributed by atoms with van der Waals surface area (Å²) in [6, 6.07) is 21.0. The van der Waals surface area contributed by atoms with Crippen LogP contribution in [0.25, 0.3) is 0 Å². The number of nitrogens with zero attached hydrogens (tertiary/aromatic N) is 2. The van der Waals surface area contributed by atoms with Gasteiger partial charge in [-0.15, -0.1) is 0 Å². The Hall–Kier alpha value is -2.87. The number of carbonyl (C=O) groups is 1. The average Bonchev–Trinajstić information content (AvgIpc) is 2.73. The van der Waals surface area contributed by atoms with E-state index in [1.165, 1.54) is 30.5 Å². The second kappa shape index (κ2) is 9.75. The first-order valence-corrected chi connectivity index (χ1v) is 11.0. The van der Waals surface area contributed by atoms with E-state index in [4.69, 9.17) is 23.2 Å². The third-order valence-corrected chi connectivity index (χ3v) is 6.26. The number of anilines is 1. The van der Waals surface area contributed by atoms with Gasteiger partial charge >= 0.3 is 0 Å². The number of nitrogens with one attached hydrogen (secondary N) is 1. The number of halogens is 2. The standard InChI is InChI=1S/C21H17Cl2N3O3S/c22-17-9-11-19(12-10-17)26(30(28,29)20-7-2-1-3-8-20)15-21(27)25-24-14-16-5-4-6-18(23)13-16/h1-14H,15H2,(H,25,27). The summed E-state index contributed by atoms with van der Waals surface area (Å²) in [4.78, 5) is 12.5. The maximum atomic E-state index is 13.1. The molecule has 3 rings (SSSR count). The molecule has 0 spiro atoms. The number of amides is 1. The lowest BCUT2D eigenvalue weighted by molar-refractivity contribution is -0.119. The lowest BCUT2D eigenvalue weighted by Gasteiger charge is -2.23. The van der Waals surface area contributed by atoms with E-state index in [9.17, 15) is 13.2 Å². The highest BCUT2D eigenvalue weighted by Crippen LogP contribution is 2.25. The van der Waals surface area contributed by atoms with E-state index in [1.54, 1.807) is 54.6 Å². The minimum Gasteiger partial charge on any atom is -0.271 e. The van der Waals surface area contributed by atoms with Gasteiger partial charge in [-0.1, -0.05) is 53.5 Å². The molecule has 9 heteroatoms. The maximum Gasteiger partial charge on any atom is 0.264 e. The van der Waals surface area contributed by atoms with Crippen molar-refractivity contribution in [3.8, 4) is 0 Å². The van der Waals surface area contributed by atoms with Crippen molar-refractivity contribution in [1.29, 1.82) is 0 Å². The topological polar surface area (TPSA) is 78.8 Å². The first kappa shape index (κ1) is 21.8. The number of hydrogen-bond acceptors (Lipinski definition) is 4. The van der Waals surface area contributed by atoms with Gasteiger partial charge in [-0.05, 0) is 54.1 Å². The molecule has 0 saturated carbocycles. The SMILES string of the molecule is O=C(CN(c1ccc(Cl)cc1)S(=O)(=O)c1ccccc1)NN=Cc1cccc(Cl)c1. The number of rotatable bonds is 7. The molecule has 1 amide bonds. The minimum absolute atomic E-state index is 0.0650. The molecule has 154 valence electrons. The number of hydrogen-bond donors (Lipinski definition) is 1. The van der Waals surface area contributed by atoms with Crippen LogP contribution in [0.4, 0.5) is 5.69 Å². The van der Waals surface area contributed by atoms with Crippen molar-refractivity contribution in [3.63, 3.8) is 0 Å². The molecule has 0 aliphatic heterocycles. The summed E-state index contributed by atoms with van der Waals surface area (Å²) < 4.78 is 27.3. The van der Waals surface area contributed by atoms with Gasteiger partial charge in [0.1, 0.15) is 6.54 Å². The minimum atomic E-state index is -3.98. The lowest BCUT2D eigenvalue weighted by Crippen LogP contribution is -2.39. The number of sulfonamides is 1. The van der Waals surface area contributed by atoms with Crippen LogP contribution < -0.4 is 9.73 Å². The molecule has 0 fully saturated rings. The van der Waals surface area contributed by atoms with Crippen molar-refractivity contribution in [2.75, 3.05) is 10.8 Å². The summed E-state index contributed by atoms with van der Waals surface area (Å²) in [5.74, 6) is -0.609. The molecule has 0 aliphatic carbocycles. The molecular formula is C21H17Cl2N3O3S. The van der Waals surface area contributed by atoms with Gasteiger partial charge in [0.15, 0.2) is 0 Å². The summed E-state index contributed by atoms with van der Waals surface area (Å²) >= 11 is 11.8. The van der Waals surface area contributed by atoms with Crippen LogP contribution in [0.2, 0.25) is 10.0 Å². The molecule has 0 saturated heterocycles. The van der Waals surface area contributed by atoms with E-state index >= 15 is 0 Å². The zero-order chi connectivity index (χ0) is 21.6. The van der Waals surface area contributed by atoms with Crippen molar-refractivity contribution in [3.05, 3.63) is 94.5 Å². The third kappa shape index (κ3) is 5.60. The quantitative estimate of drug-likeness (QED) is 0.419. The Labute approximate surface area is 184 Å². The van der Waals surface area contributed by atoms with Crippen molar-refractivity contribution in [2.24, 2.45) is 5.10 Å². The predicted octanol–water partition coefficient (Wildman–Crippen LogP) is 4.34. The Bertz CT molecular complexity index is 1150. The van der Waals surface area contributed by atoms with E-state index in [0.717, 1.165) is 4.31 Å². The summed E-state index contributed by atoms with van der Waals surface area (Å²) in [7, 11) is -3.98. The summed E-state index contributed by atoms with van der Waals surface area (Å²) in [5.41, 5.74) is 3.33. The Balaban J connectivity index is 1.82. The molecule has 3 aromatic carbocycles. The van der Waals surface area contributed by atoms with Crippen molar-refractivity contribution < 1.29 is 13.2 Å². The van der Waals surface area contributed by atoms with Crippen molar-refractivity contribution >= 4 is 51.0 Å². The average molecular weight is 462 g/mol. The van der Waals surface area contributed by atoms with Gasteiger partial charge in [-0.25, -0.2) is 13.8 Å². The zero-order valence-electron chi connectivity index (χ0n) is 15.6. The number of hydrazone groups is 1. The van der Waals surface area contributed by atoms with Crippen LogP contribution in [0.3, 0.4) is 0 Å². The smallest absolute Gasteiger partial charge is 0.264 e. The fourth-order valence-electron chi connectivity index (χ4n) is 2.57. The highest BCUT2D eigenvalue weighted by atomic mass is 35.5. The van der Waals surface area contributed by atoms with E-state index in [2.05, 4.69) is 10.5 Å². The zero-order valence-corrected chi connectivity index (χ0v) is 17.9. The Morgan fingerprint density at radius 2 is 1.63 bits per heavy atom. The van der Waals surface area contributed by atoms with Gasteiger partial charge in [0.05, 0.1) is 16.8 Å². The second-order valence-corrected chi connectivity index (χ2v) is 8.88. The highest BCUT2D eigenvalue weighted by molar-refractivity contribution is 7.92. The molecule has 6 nitrogen and oxygen atoms in total. The largest absolute Gasteiger partial charge is 0.271 e. The fraction of sp³-hybridized carbons (Fsp3) is 0.0476. The number of carbonyl (C=O) groups excluding carboxylic acids is 1. The third-order valence-electron chi connectivity index (χ3n) is 3.98. The molecule has 0 unspecified atom stereocenters. The monoisotopic (exact) mass is 461 g/mol. The maximum absolute atomic E-state index is 13.1. The van der Waals surface area contributed by atoms with Crippen LogP contribution in [0, 0.1) is 0 Å². The fourth-order valence-corrected chi connectivity index (χ4v) is 4.34. The Morgan fingerprint density at radius 1 is 0.933 bits per heavy atom. The molecule has 0 radical (unpaired) electrons. The summed E-state index contributed by atoms with van der Waals surface area (Å²) in [6.07, 6.45) is 1.42. The van der Waals surface area contributed by atoms with Crippen LogP contribution in [-0.4, -0.2) is 27.1 Å². The van der Waals surface area contributed by atoms with E-state index in [1.807, 2.05) is 0 Å². The molecular weight excluding hydrogens is 445 g/mol. The van der Waals surface area contributed by atoms with Gasteiger partial charge in [-0.3, -0.25) is 9.10 Å². The molecule has 0 heterocycles. The molecule has 3 aromatic rings. The predicted molar refractivity (Wildman–Crippen MR) is 120 cm³/mol. The van der Waals surface area contributed by atoms with E-state index < -0.39 is 22.5 Å². The van der Waals surface area contributed by atoms with E-state index in [0.29, 0.717) is 21.3 Å². The lowest BCUT2D eigenvalue weighted by atomic mass is 10.2. The van der Waals surface area contributed by atoms with Gasteiger partial charge in [0, 0.05) is 10.0 Å². The molecule has 30 heavy (non-hydrogen) atoms. The highest BCUT2D eigenvalue weighted by Gasteiger charge is 2.27. The van der Waals surface area contributed by atoms with Crippen LogP contribution in [-0.2, 0) is 14.8 Å². The van der Waals surface area contributed by atoms with Gasteiger partial charge in [-0.2, -0.15) is 5.10 Å². The summed E-state index contributed by atoms with van der Waals surface area (Å²) in [5, 5.41) is 4.86. The van der Waals surface area contributed by atoms with E-state index in [-0.39, 0.29) is 4.90 Å². The normalized spacial score (nSPS) is 11.4. The molecule has 0 aromatic heterocycles. The molecule has 0 aliphatic rings. The first-order chi connectivity index (χ1) is 14.4. The Kier molecular flexibility index (Phi) is 7.10. The van der Waals surface area contributed by atoms with Crippen LogP contribution in [0.1, 0.15) is 5.56 Å². The van der Waals surface area contributed by atoms with Crippen LogP contribution in [0.5, 0.6) is 0 Å². The summed E-state index contributed by atoms with van der Waals surface area (Å²) in [6.45, 7) is -0.467. The Morgan fingerprint density at radius 3 is 2.30 bits per heavy atom. The second-order valence-electron chi connectivity index (χ2n) is 6.15. The molecule has 1 N–H and O–H groups in total. The molecule has 0 atom stereocenters. The van der Waals surface area contributed by atoms with Crippen molar-refractivity contribution in [1.82, 2.24) is 5.43 Å². The van der Waals surface area contributed by atoms with Gasteiger partial charge in [0.2, 0.25) is 0 Å². The van der Waals surface area contributed by atoms with Crippen LogP contribution >= 0.6 is 23.2 Å². The molecule has 0 bridgehead atoms. The first-order valence-electron chi connectivity index (χ1n) is 8.77. The van der Waals surface area contributed by atoms with Gasteiger partial charge < -0.3 is 0 Å².